The lowest BCUT2D eigenvalue weighted by Gasteiger charge is -2.14. The van der Waals surface area contributed by atoms with Crippen LogP contribution in [-0.2, 0) is 12.6 Å². The minimum atomic E-state index is -4.45. The Bertz CT molecular complexity index is 685. The summed E-state index contributed by atoms with van der Waals surface area (Å²) in [7, 11) is 0. The molecule has 0 fully saturated rings. The maximum Gasteiger partial charge on any atom is 0.416 e. The van der Waals surface area contributed by atoms with Gasteiger partial charge in [0, 0.05) is 5.69 Å². The summed E-state index contributed by atoms with van der Waals surface area (Å²) >= 11 is 0. The van der Waals surface area contributed by atoms with Crippen molar-refractivity contribution in [1.82, 2.24) is 0 Å². The SMILES string of the molecule is CCc1ccccc1Nc1ccc(C(F)(F)F)cc1C#N. The predicted octanol–water partition coefficient (Wildman–Crippen LogP) is 4.88. The van der Waals surface area contributed by atoms with Crippen molar-refractivity contribution in [2.45, 2.75) is 19.5 Å². The van der Waals surface area contributed by atoms with Gasteiger partial charge in [0.2, 0.25) is 0 Å². The summed E-state index contributed by atoms with van der Waals surface area (Å²) < 4.78 is 38.0. The topological polar surface area (TPSA) is 35.8 Å². The molecule has 2 rings (SSSR count). The first kappa shape index (κ1) is 14.9. The van der Waals surface area contributed by atoms with Crippen molar-refractivity contribution in [3.05, 3.63) is 59.2 Å². The molecule has 0 spiro atoms. The summed E-state index contributed by atoms with van der Waals surface area (Å²) in [6.45, 7) is 1.98. The summed E-state index contributed by atoms with van der Waals surface area (Å²) in [4.78, 5) is 0. The Morgan fingerprint density at radius 3 is 2.43 bits per heavy atom. The zero-order valence-electron chi connectivity index (χ0n) is 11.3. The Labute approximate surface area is 120 Å². The summed E-state index contributed by atoms with van der Waals surface area (Å²) in [5.74, 6) is 0. The number of rotatable bonds is 3. The van der Waals surface area contributed by atoms with Gasteiger partial charge in [-0.2, -0.15) is 18.4 Å². The van der Waals surface area contributed by atoms with Crippen LogP contribution < -0.4 is 5.32 Å². The first-order valence-corrected chi connectivity index (χ1v) is 6.42. The molecule has 0 aliphatic rings. The third kappa shape index (κ3) is 3.34. The van der Waals surface area contributed by atoms with Gasteiger partial charge in [0.25, 0.3) is 0 Å². The molecule has 0 radical (unpaired) electrons. The summed E-state index contributed by atoms with van der Waals surface area (Å²) in [5, 5.41) is 12.1. The van der Waals surface area contributed by atoms with Gasteiger partial charge in [0.05, 0.1) is 16.8 Å². The van der Waals surface area contributed by atoms with Gasteiger partial charge in [-0.25, -0.2) is 0 Å². The fourth-order valence-electron chi connectivity index (χ4n) is 2.02. The second-order valence-corrected chi connectivity index (χ2v) is 4.51. The van der Waals surface area contributed by atoms with Crippen molar-refractivity contribution in [2.24, 2.45) is 0 Å². The summed E-state index contributed by atoms with van der Waals surface area (Å²) in [6, 6.07) is 12.4. The number of para-hydroxylation sites is 1. The van der Waals surface area contributed by atoms with Gasteiger partial charge in [-0.1, -0.05) is 25.1 Å². The summed E-state index contributed by atoms with van der Waals surface area (Å²) in [6.07, 6.45) is -3.67. The molecule has 0 bridgehead atoms. The molecule has 1 N–H and O–H groups in total. The van der Waals surface area contributed by atoms with Crippen LogP contribution in [0.2, 0.25) is 0 Å². The van der Waals surface area contributed by atoms with Gasteiger partial charge in [0.15, 0.2) is 0 Å². The molecule has 0 amide bonds. The Morgan fingerprint density at radius 1 is 1.10 bits per heavy atom. The van der Waals surface area contributed by atoms with E-state index in [1.165, 1.54) is 6.07 Å². The predicted molar refractivity (Wildman–Crippen MR) is 75.3 cm³/mol. The Hall–Kier alpha value is -2.48. The first-order valence-electron chi connectivity index (χ1n) is 6.42. The van der Waals surface area contributed by atoms with Crippen molar-refractivity contribution in [1.29, 1.82) is 5.26 Å². The number of nitrogens with one attached hydrogen (secondary N) is 1. The normalized spacial score (nSPS) is 11.0. The lowest BCUT2D eigenvalue weighted by Crippen LogP contribution is -2.06. The molecule has 0 unspecified atom stereocenters. The largest absolute Gasteiger partial charge is 0.416 e. The van der Waals surface area contributed by atoms with Gasteiger partial charge in [-0.05, 0) is 36.2 Å². The van der Waals surface area contributed by atoms with Crippen LogP contribution in [0.15, 0.2) is 42.5 Å². The van der Waals surface area contributed by atoms with E-state index in [1.54, 1.807) is 6.07 Å². The zero-order valence-corrected chi connectivity index (χ0v) is 11.3. The fraction of sp³-hybridized carbons (Fsp3) is 0.188. The van der Waals surface area contributed by atoms with Crippen molar-refractivity contribution < 1.29 is 13.2 Å². The summed E-state index contributed by atoms with van der Waals surface area (Å²) in [5.41, 5.74) is 1.33. The smallest absolute Gasteiger partial charge is 0.354 e. The highest BCUT2D eigenvalue weighted by Crippen LogP contribution is 2.32. The van der Waals surface area contributed by atoms with E-state index in [4.69, 9.17) is 5.26 Å². The Balaban J connectivity index is 2.39. The van der Waals surface area contributed by atoms with Gasteiger partial charge >= 0.3 is 6.18 Å². The van der Waals surface area contributed by atoms with E-state index in [9.17, 15) is 13.2 Å². The molecular weight excluding hydrogens is 277 g/mol. The second kappa shape index (κ2) is 5.88. The standard InChI is InChI=1S/C16H13F3N2/c1-2-11-5-3-4-6-14(11)21-15-8-7-13(16(17,18)19)9-12(15)10-20/h3-9,21H,2H2,1H3. The monoisotopic (exact) mass is 290 g/mol. The lowest BCUT2D eigenvalue weighted by molar-refractivity contribution is -0.137. The maximum absolute atomic E-state index is 12.7. The number of aryl methyl sites for hydroxylation is 1. The van der Waals surface area contributed by atoms with Crippen molar-refractivity contribution >= 4 is 11.4 Å². The molecule has 0 aromatic heterocycles. The number of halogens is 3. The first-order chi connectivity index (χ1) is 9.95. The molecule has 2 aromatic rings. The zero-order chi connectivity index (χ0) is 15.5. The molecule has 108 valence electrons. The van der Waals surface area contributed by atoms with E-state index < -0.39 is 11.7 Å². The molecule has 0 heterocycles. The van der Waals surface area contributed by atoms with E-state index in [0.29, 0.717) is 5.69 Å². The van der Waals surface area contributed by atoms with E-state index >= 15 is 0 Å². The fourth-order valence-corrected chi connectivity index (χ4v) is 2.02. The number of anilines is 2. The number of hydrogen-bond donors (Lipinski definition) is 1. The quantitative estimate of drug-likeness (QED) is 0.874. The number of nitriles is 1. The van der Waals surface area contributed by atoms with Gasteiger partial charge in [-0.3, -0.25) is 0 Å². The Kier molecular flexibility index (Phi) is 4.18. The molecule has 0 aliphatic carbocycles. The van der Waals surface area contributed by atoms with Gasteiger partial charge in [0.1, 0.15) is 6.07 Å². The molecule has 2 aromatic carbocycles. The number of nitrogens with zero attached hydrogens (tertiary/aromatic N) is 1. The molecule has 0 aliphatic heterocycles. The number of hydrogen-bond acceptors (Lipinski definition) is 2. The Morgan fingerprint density at radius 2 is 1.81 bits per heavy atom. The van der Waals surface area contributed by atoms with Crippen LogP contribution in [0.25, 0.3) is 0 Å². The minimum Gasteiger partial charge on any atom is -0.354 e. The van der Waals surface area contributed by atoms with Crippen molar-refractivity contribution in [2.75, 3.05) is 5.32 Å². The van der Waals surface area contributed by atoms with Crippen molar-refractivity contribution in [3.8, 4) is 6.07 Å². The van der Waals surface area contributed by atoms with Crippen LogP contribution in [0.5, 0.6) is 0 Å². The van der Waals surface area contributed by atoms with Crippen molar-refractivity contribution in [3.63, 3.8) is 0 Å². The van der Waals surface area contributed by atoms with Gasteiger partial charge < -0.3 is 5.32 Å². The van der Waals surface area contributed by atoms with E-state index in [-0.39, 0.29) is 5.56 Å². The molecule has 0 atom stereocenters. The number of benzene rings is 2. The highest BCUT2D eigenvalue weighted by Gasteiger charge is 2.31. The molecule has 5 heteroatoms. The highest BCUT2D eigenvalue weighted by atomic mass is 19.4. The van der Waals surface area contributed by atoms with Crippen LogP contribution in [0.1, 0.15) is 23.6 Å². The third-order valence-corrected chi connectivity index (χ3v) is 3.13. The van der Waals surface area contributed by atoms with Crippen LogP contribution in [0, 0.1) is 11.3 Å². The van der Waals surface area contributed by atoms with Crippen LogP contribution >= 0.6 is 0 Å². The number of alkyl halides is 3. The average molecular weight is 290 g/mol. The molecule has 21 heavy (non-hydrogen) atoms. The lowest BCUT2D eigenvalue weighted by atomic mass is 10.1. The van der Waals surface area contributed by atoms with E-state index in [1.807, 2.05) is 31.2 Å². The third-order valence-electron chi connectivity index (χ3n) is 3.13. The van der Waals surface area contributed by atoms with E-state index in [2.05, 4.69) is 5.32 Å². The van der Waals surface area contributed by atoms with Gasteiger partial charge in [-0.15, -0.1) is 0 Å². The average Bonchev–Trinajstić information content (AvgIpc) is 2.47. The van der Waals surface area contributed by atoms with Crippen LogP contribution in [-0.4, -0.2) is 0 Å². The molecule has 0 saturated carbocycles. The minimum absolute atomic E-state index is 0.0317. The van der Waals surface area contributed by atoms with Crippen LogP contribution in [0.4, 0.5) is 24.5 Å². The highest BCUT2D eigenvalue weighted by molar-refractivity contribution is 5.69. The molecular formula is C16H13F3N2. The second-order valence-electron chi connectivity index (χ2n) is 4.51. The maximum atomic E-state index is 12.7. The van der Waals surface area contributed by atoms with E-state index in [0.717, 1.165) is 29.8 Å². The molecule has 2 nitrogen and oxygen atoms in total. The van der Waals surface area contributed by atoms with Crippen LogP contribution in [0.3, 0.4) is 0 Å². The molecule has 0 saturated heterocycles.